The molecule has 0 aliphatic rings. The van der Waals surface area contributed by atoms with Crippen LogP contribution in [0.2, 0.25) is 0 Å². The van der Waals surface area contributed by atoms with Crippen LogP contribution in [-0.4, -0.2) is 27.4 Å². The second-order valence-electron chi connectivity index (χ2n) is 4.40. The van der Waals surface area contributed by atoms with Gasteiger partial charge in [-0.2, -0.15) is 5.10 Å². The molecule has 0 fully saturated rings. The van der Waals surface area contributed by atoms with Gasteiger partial charge in [-0.15, -0.1) is 0 Å². The van der Waals surface area contributed by atoms with E-state index in [0.717, 1.165) is 15.6 Å². The lowest BCUT2D eigenvalue weighted by atomic mass is 10.2. The van der Waals surface area contributed by atoms with E-state index in [0.29, 0.717) is 17.4 Å². The van der Waals surface area contributed by atoms with Crippen molar-refractivity contribution in [2.75, 3.05) is 7.11 Å². The lowest BCUT2D eigenvalue weighted by Crippen LogP contribution is -1.86. The number of nitrogens with one attached hydrogen (secondary N) is 1. The minimum absolute atomic E-state index is 0.0879. The van der Waals surface area contributed by atoms with Gasteiger partial charge in [-0.3, -0.25) is 5.10 Å². The second kappa shape index (κ2) is 5.57. The summed E-state index contributed by atoms with van der Waals surface area (Å²) in [7, 11) is 1.50. The van der Waals surface area contributed by atoms with Crippen molar-refractivity contribution in [3.8, 4) is 34.3 Å². The molecule has 6 heteroatoms. The molecule has 0 spiro atoms. The third-order valence-electron chi connectivity index (χ3n) is 3.04. The summed E-state index contributed by atoms with van der Waals surface area (Å²) in [5.41, 5.74) is 1.71. The van der Waals surface area contributed by atoms with Crippen LogP contribution in [0, 0.1) is 0 Å². The topological polar surface area (TPSA) is 71.0 Å². The lowest BCUT2D eigenvalue weighted by molar-refractivity contribution is 0.373. The Balaban J connectivity index is 1.96. The number of rotatable bonds is 3. The molecule has 0 radical (unpaired) electrons. The van der Waals surface area contributed by atoms with E-state index in [9.17, 15) is 5.11 Å². The molecule has 3 aromatic rings. The van der Waals surface area contributed by atoms with Gasteiger partial charge in [0.15, 0.2) is 23.1 Å². The van der Waals surface area contributed by atoms with Crippen LogP contribution in [0.25, 0.3) is 22.8 Å². The molecule has 0 unspecified atom stereocenters. The Hall–Kier alpha value is -2.34. The summed E-state index contributed by atoms with van der Waals surface area (Å²) in [6.07, 6.45) is 0. The van der Waals surface area contributed by atoms with E-state index in [1.54, 1.807) is 18.2 Å². The maximum absolute atomic E-state index is 9.61. The first-order chi connectivity index (χ1) is 10.2. The van der Waals surface area contributed by atoms with Gasteiger partial charge in [-0.1, -0.05) is 28.1 Å². The number of aromatic nitrogens is 3. The van der Waals surface area contributed by atoms with E-state index < -0.39 is 0 Å². The number of aromatic amines is 1. The fourth-order valence-electron chi connectivity index (χ4n) is 1.94. The average molecular weight is 346 g/mol. The molecule has 1 heterocycles. The van der Waals surface area contributed by atoms with E-state index >= 15 is 0 Å². The number of ether oxygens (including phenoxy) is 1. The molecule has 5 nitrogen and oxygen atoms in total. The molecule has 0 saturated heterocycles. The number of methoxy groups -OCH3 is 1. The van der Waals surface area contributed by atoms with E-state index in [1.807, 2.05) is 24.3 Å². The molecule has 0 amide bonds. The van der Waals surface area contributed by atoms with Gasteiger partial charge < -0.3 is 9.84 Å². The highest BCUT2D eigenvalue weighted by atomic mass is 79.9. The maximum atomic E-state index is 9.61. The van der Waals surface area contributed by atoms with Crippen LogP contribution in [0.5, 0.6) is 11.5 Å². The summed E-state index contributed by atoms with van der Waals surface area (Å²) < 4.78 is 6.10. The molecular formula is C15H12BrN3O2. The predicted molar refractivity (Wildman–Crippen MR) is 83.2 cm³/mol. The molecular weight excluding hydrogens is 334 g/mol. The Morgan fingerprint density at radius 1 is 1.10 bits per heavy atom. The van der Waals surface area contributed by atoms with Crippen LogP contribution in [0.1, 0.15) is 0 Å². The Labute approximate surface area is 129 Å². The third-order valence-corrected chi connectivity index (χ3v) is 3.57. The first-order valence-electron chi connectivity index (χ1n) is 6.23. The SMILES string of the molecule is COc1cc(-c2n[nH]c(-c3ccc(Br)cc3)n2)ccc1O. The van der Waals surface area contributed by atoms with Gasteiger partial charge in [0.25, 0.3) is 0 Å². The fourth-order valence-corrected chi connectivity index (χ4v) is 2.21. The minimum Gasteiger partial charge on any atom is -0.504 e. The lowest BCUT2D eigenvalue weighted by Gasteiger charge is -2.03. The number of phenols is 1. The highest BCUT2D eigenvalue weighted by Crippen LogP contribution is 2.30. The number of H-pyrrole nitrogens is 1. The first kappa shape index (κ1) is 13.6. The monoisotopic (exact) mass is 345 g/mol. The summed E-state index contributed by atoms with van der Waals surface area (Å²) >= 11 is 3.40. The third kappa shape index (κ3) is 2.75. The van der Waals surface area contributed by atoms with E-state index in [4.69, 9.17) is 4.74 Å². The van der Waals surface area contributed by atoms with E-state index in [1.165, 1.54) is 7.11 Å². The molecule has 3 rings (SSSR count). The largest absolute Gasteiger partial charge is 0.504 e. The number of nitrogens with zero attached hydrogens (tertiary/aromatic N) is 2. The Kier molecular flexibility index (Phi) is 3.62. The van der Waals surface area contributed by atoms with Gasteiger partial charge in [0, 0.05) is 15.6 Å². The van der Waals surface area contributed by atoms with Crippen molar-refractivity contribution in [1.82, 2.24) is 15.2 Å². The van der Waals surface area contributed by atoms with E-state index in [2.05, 4.69) is 31.1 Å². The molecule has 2 N–H and O–H groups in total. The summed E-state index contributed by atoms with van der Waals surface area (Å²) in [6.45, 7) is 0. The number of benzene rings is 2. The predicted octanol–water partition coefficient (Wildman–Crippen LogP) is 3.62. The van der Waals surface area contributed by atoms with Gasteiger partial charge >= 0.3 is 0 Å². The number of aromatic hydroxyl groups is 1. The molecule has 0 bridgehead atoms. The molecule has 1 aromatic heterocycles. The Morgan fingerprint density at radius 2 is 1.81 bits per heavy atom. The first-order valence-corrected chi connectivity index (χ1v) is 7.02. The molecule has 2 aromatic carbocycles. The highest BCUT2D eigenvalue weighted by Gasteiger charge is 2.10. The van der Waals surface area contributed by atoms with Crippen molar-refractivity contribution in [3.05, 3.63) is 46.9 Å². The Morgan fingerprint density at radius 3 is 2.52 bits per heavy atom. The van der Waals surface area contributed by atoms with Gasteiger partial charge in [0.1, 0.15) is 0 Å². The zero-order chi connectivity index (χ0) is 14.8. The van der Waals surface area contributed by atoms with Crippen LogP contribution >= 0.6 is 15.9 Å². The van der Waals surface area contributed by atoms with E-state index in [-0.39, 0.29) is 5.75 Å². The maximum Gasteiger partial charge on any atom is 0.181 e. The molecule has 21 heavy (non-hydrogen) atoms. The Bertz CT molecular complexity index is 769. The summed E-state index contributed by atoms with van der Waals surface area (Å²) in [5, 5.41) is 16.7. The second-order valence-corrected chi connectivity index (χ2v) is 5.32. The normalized spacial score (nSPS) is 10.6. The van der Waals surface area contributed by atoms with Crippen molar-refractivity contribution in [3.63, 3.8) is 0 Å². The zero-order valence-electron chi connectivity index (χ0n) is 11.2. The van der Waals surface area contributed by atoms with Gasteiger partial charge in [0.2, 0.25) is 0 Å². The molecule has 0 aliphatic carbocycles. The van der Waals surface area contributed by atoms with Crippen LogP contribution in [0.3, 0.4) is 0 Å². The highest BCUT2D eigenvalue weighted by molar-refractivity contribution is 9.10. The van der Waals surface area contributed by atoms with Gasteiger partial charge in [-0.25, -0.2) is 4.98 Å². The van der Waals surface area contributed by atoms with Crippen molar-refractivity contribution in [2.45, 2.75) is 0 Å². The molecule has 106 valence electrons. The van der Waals surface area contributed by atoms with Crippen LogP contribution < -0.4 is 4.74 Å². The van der Waals surface area contributed by atoms with Crippen molar-refractivity contribution in [1.29, 1.82) is 0 Å². The van der Waals surface area contributed by atoms with Gasteiger partial charge in [0.05, 0.1) is 7.11 Å². The van der Waals surface area contributed by atoms with Crippen molar-refractivity contribution >= 4 is 15.9 Å². The molecule has 0 saturated carbocycles. The number of hydrogen-bond acceptors (Lipinski definition) is 4. The summed E-state index contributed by atoms with van der Waals surface area (Å²) in [6, 6.07) is 12.8. The standard InChI is InChI=1S/C15H12BrN3O2/c1-21-13-8-10(4-7-12(13)20)15-17-14(18-19-15)9-2-5-11(16)6-3-9/h2-8,20H,1H3,(H,17,18,19). The average Bonchev–Trinajstić information content (AvgIpc) is 2.98. The van der Waals surface area contributed by atoms with Crippen LogP contribution in [-0.2, 0) is 0 Å². The quantitative estimate of drug-likeness (QED) is 0.760. The summed E-state index contributed by atoms with van der Waals surface area (Å²) in [5.74, 6) is 1.71. The summed E-state index contributed by atoms with van der Waals surface area (Å²) in [4.78, 5) is 4.47. The van der Waals surface area contributed by atoms with Crippen LogP contribution in [0.15, 0.2) is 46.9 Å². The minimum atomic E-state index is 0.0879. The smallest absolute Gasteiger partial charge is 0.181 e. The van der Waals surface area contributed by atoms with Gasteiger partial charge in [-0.05, 0) is 30.3 Å². The van der Waals surface area contributed by atoms with Crippen LogP contribution in [0.4, 0.5) is 0 Å². The van der Waals surface area contributed by atoms with Crippen molar-refractivity contribution in [2.24, 2.45) is 0 Å². The molecule has 0 aliphatic heterocycles. The number of hydrogen-bond donors (Lipinski definition) is 2. The zero-order valence-corrected chi connectivity index (χ0v) is 12.8. The molecule has 0 atom stereocenters. The fraction of sp³-hybridized carbons (Fsp3) is 0.0667. The number of halogens is 1. The number of phenolic OH excluding ortho intramolecular Hbond substituents is 1. The van der Waals surface area contributed by atoms with Crippen molar-refractivity contribution < 1.29 is 9.84 Å².